The summed E-state index contributed by atoms with van der Waals surface area (Å²) < 4.78 is 0. The van der Waals surface area contributed by atoms with Crippen molar-refractivity contribution in [3.05, 3.63) is 30.1 Å². The highest BCUT2D eigenvalue weighted by molar-refractivity contribution is 5.89. The number of piperidine rings is 1. The number of carbonyl (C=O) groups excluding carboxylic acids is 1. The summed E-state index contributed by atoms with van der Waals surface area (Å²) in [6.45, 7) is 4.81. The van der Waals surface area contributed by atoms with Crippen LogP contribution in [0.1, 0.15) is 37.9 Å². The molecule has 5 nitrogen and oxygen atoms in total. The van der Waals surface area contributed by atoms with Gasteiger partial charge in [0.1, 0.15) is 11.6 Å². The Morgan fingerprint density at radius 3 is 2.71 bits per heavy atom. The number of nitrogens with one attached hydrogen (secondary N) is 1. The SMILES string of the molecule is Cc1nc(N2CCC3(CCNC(=O)CC3)CC2)c2ccccc2n1. The van der Waals surface area contributed by atoms with E-state index in [2.05, 4.69) is 33.4 Å². The Morgan fingerprint density at radius 2 is 1.88 bits per heavy atom. The van der Waals surface area contributed by atoms with Gasteiger partial charge in [0.05, 0.1) is 5.52 Å². The number of carbonyl (C=O) groups is 1. The molecule has 2 aliphatic rings. The molecule has 0 atom stereocenters. The van der Waals surface area contributed by atoms with Crippen LogP contribution in [-0.4, -0.2) is 35.5 Å². The first-order valence-corrected chi connectivity index (χ1v) is 8.90. The van der Waals surface area contributed by atoms with Gasteiger partial charge in [0.15, 0.2) is 0 Å². The number of nitrogens with zero attached hydrogens (tertiary/aromatic N) is 3. The van der Waals surface area contributed by atoms with Gasteiger partial charge >= 0.3 is 0 Å². The normalized spacial score (nSPS) is 20.9. The molecule has 1 spiro atoms. The summed E-state index contributed by atoms with van der Waals surface area (Å²) in [6.07, 6.45) is 5.08. The van der Waals surface area contributed by atoms with E-state index in [1.165, 1.54) is 0 Å². The first-order chi connectivity index (χ1) is 11.7. The lowest BCUT2D eigenvalue weighted by molar-refractivity contribution is -0.120. The van der Waals surface area contributed by atoms with E-state index in [0.717, 1.165) is 67.9 Å². The van der Waals surface area contributed by atoms with E-state index in [4.69, 9.17) is 4.98 Å². The Bertz CT molecular complexity index is 765. The van der Waals surface area contributed by atoms with Crippen LogP contribution in [0.5, 0.6) is 0 Å². The lowest BCUT2D eigenvalue weighted by atomic mass is 9.73. The van der Waals surface area contributed by atoms with E-state index in [9.17, 15) is 4.79 Å². The topological polar surface area (TPSA) is 58.1 Å². The predicted molar refractivity (Wildman–Crippen MR) is 95.0 cm³/mol. The summed E-state index contributed by atoms with van der Waals surface area (Å²) in [5, 5.41) is 4.15. The quantitative estimate of drug-likeness (QED) is 0.876. The Hall–Kier alpha value is -2.17. The molecule has 0 saturated carbocycles. The Morgan fingerprint density at radius 1 is 1.08 bits per heavy atom. The highest BCUT2D eigenvalue weighted by Crippen LogP contribution is 2.41. The Balaban J connectivity index is 1.57. The molecule has 0 bridgehead atoms. The lowest BCUT2D eigenvalue weighted by Crippen LogP contribution is -2.41. The van der Waals surface area contributed by atoms with Crippen LogP contribution in [0.25, 0.3) is 10.9 Å². The maximum atomic E-state index is 11.6. The molecule has 3 heterocycles. The predicted octanol–water partition coefficient (Wildman–Crippen LogP) is 2.82. The van der Waals surface area contributed by atoms with Crippen molar-refractivity contribution in [3.8, 4) is 0 Å². The molecule has 24 heavy (non-hydrogen) atoms. The van der Waals surface area contributed by atoms with Crippen LogP contribution >= 0.6 is 0 Å². The minimum atomic E-state index is 0.215. The summed E-state index contributed by atoms with van der Waals surface area (Å²) in [5.41, 5.74) is 1.35. The average molecular weight is 324 g/mol. The number of amides is 1. The number of benzene rings is 1. The molecule has 2 saturated heterocycles. The van der Waals surface area contributed by atoms with E-state index < -0.39 is 0 Å². The molecular weight excluding hydrogens is 300 g/mol. The number of aromatic nitrogens is 2. The molecule has 126 valence electrons. The molecular formula is C19H24N4O. The van der Waals surface area contributed by atoms with Crippen molar-refractivity contribution >= 4 is 22.6 Å². The van der Waals surface area contributed by atoms with Crippen LogP contribution < -0.4 is 10.2 Å². The minimum Gasteiger partial charge on any atom is -0.356 e. The molecule has 0 radical (unpaired) electrons. The van der Waals surface area contributed by atoms with Gasteiger partial charge in [0, 0.05) is 31.4 Å². The second-order valence-corrected chi connectivity index (χ2v) is 7.20. The van der Waals surface area contributed by atoms with Crippen molar-refractivity contribution in [3.63, 3.8) is 0 Å². The van der Waals surface area contributed by atoms with Crippen molar-refractivity contribution < 1.29 is 4.79 Å². The number of anilines is 1. The fourth-order valence-electron chi connectivity index (χ4n) is 4.17. The van der Waals surface area contributed by atoms with Gasteiger partial charge in [-0.15, -0.1) is 0 Å². The van der Waals surface area contributed by atoms with Crippen molar-refractivity contribution in [1.82, 2.24) is 15.3 Å². The molecule has 1 aromatic heterocycles. The van der Waals surface area contributed by atoms with Crippen LogP contribution in [0.15, 0.2) is 24.3 Å². The number of aryl methyl sites for hydroxylation is 1. The van der Waals surface area contributed by atoms with Gasteiger partial charge in [0.2, 0.25) is 5.91 Å². The zero-order chi connectivity index (χ0) is 16.6. The molecule has 0 unspecified atom stereocenters. The van der Waals surface area contributed by atoms with E-state index in [-0.39, 0.29) is 5.91 Å². The van der Waals surface area contributed by atoms with Crippen LogP contribution in [0.2, 0.25) is 0 Å². The molecule has 1 amide bonds. The molecule has 2 fully saturated rings. The van der Waals surface area contributed by atoms with Gasteiger partial charge < -0.3 is 10.2 Å². The fourth-order valence-corrected chi connectivity index (χ4v) is 4.17. The number of para-hydroxylation sites is 1. The third kappa shape index (κ3) is 2.83. The van der Waals surface area contributed by atoms with E-state index in [0.29, 0.717) is 11.8 Å². The number of hydrogen-bond acceptors (Lipinski definition) is 4. The Labute approximate surface area is 142 Å². The minimum absolute atomic E-state index is 0.215. The second kappa shape index (κ2) is 6.04. The summed E-state index contributed by atoms with van der Waals surface area (Å²) in [6, 6.07) is 8.25. The molecule has 1 N–H and O–H groups in total. The summed E-state index contributed by atoms with van der Waals surface area (Å²) in [5.74, 6) is 2.11. The molecule has 2 aliphatic heterocycles. The number of rotatable bonds is 1. The third-order valence-corrected chi connectivity index (χ3v) is 5.68. The molecule has 2 aromatic rings. The van der Waals surface area contributed by atoms with Crippen molar-refractivity contribution in [2.75, 3.05) is 24.5 Å². The second-order valence-electron chi connectivity index (χ2n) is 7.20. The van der Waals surface area contributed by atoms with Crippen molar-refractivity contribution in [1.29, 1.82) is 0 Å². The van der Waals surface area contributed by atoms with E-state index in [1.807, 2.05) is 13.0 Å². The summed E-state index contributed by atoms with van der Waals surface area (Å²) in [4.78, 5) is 23.3. The van der Waals surface area contributed by atoms with Gasteiger partial charge in [-0.05, 0) is 50.2 Å². The fraction of sp³-hybridized carbons (Fsp3) is 0.526. The number of fused-ring (bicyclic) bond motifs is 1. The average Bonchev–Trinajstić information content (AvgIpc) is 2.77. The van der Waals surface area contributed by atoms with Crippen molar-refractivity contribution in [2.24, 2.45) is 5.41 Å². The van der Waals surface area contributed by atoms with Gasteiger partial charge in [-0.1, -0.05) is 12.1 Å². The zero-order valence-corrected chi connectivity index (χ0v) is 14.2. The van der Waals surface area contributed by atoms with Crippen LogP contribution in [-0.2, 0) is 4.79 Å². The van der Waals surface area contributed by atoms with Gasteiger partial charge in [0.25, 0.3) is 0 Å². The van der Waals surface area contributed by atoms with Gasteiger partial charge in [-0.3, -0.25) is 4.79 Å². The first-order valence-electron chi connectivity index (χ1n) is 8.90. The standard InChI is InChI=1S/C19H24N4O/c1-14-21-16-5-3-2-4-15(16)18(22-14)23-12-9-19(10-13-23)7-6-17(24)20-11-8-19/h2-5H,6-13H2,1H3,(H,20,24). The van der Waals surface area contributed by atoms with E-state index >= 15 is 0 Å². The van der Waals surface area contributed by atoms with Crippen LogP contribution in [0, 0.1) is 12.3 Å². The lowest BCUT2D eigenvalue weighted by Gasteiger charge is -2.42. The maximum absolute atomic E-state index is 11.6. The monoisotopic (exact) mass is 324 g/mol. The highest BCUT2D eigenvalue weighted by atomic mass is 16.1. The molecule has 4 rings (SSSR count). The number of hydrogen-bond donors (Lipinski definition) is 1. The smallest absolute Gasteiger partial charge is 0.220 e. The molecule has 1 aromatic carbocycles. The van der Waals surface area contributed by atoms with Crippen LogP contribution in [0.3, 0.4) is 0 Å². The third-order valence-electron chi connectivity index (χ3n) is 5.68. The largest absolute Gasteiger partial charge is 0.356 e. The van der Waals surface area contributed by atoms with Gasteiger partial charge in [-0.25, -0.2) is 9.97 Å². The van der Waals surface area contributed by atoms with E-state index in [1.54, 1.807) is 0 Å². The summed E-state index contributed by atoms with van der Waals surface area (Å²) in [7, 11) is 0. The zero-order valence-electron chi connectivity index (χ0n) is 14.2. The molecule has 5 heteroatoms. The Kier molecular flexibility index (Phi) is 3.87. The molecule has 0 aliphatic carbocycles. The first kappa shape index (κ1) is 15.4. The van der Waals surface area contributed by atoms with Crippen LogP contribution in [0.4, 0.5) is 5.82 Å². The summed E-state index contributed by atoms with van der Waals surface area (Å²) >= 11 is 0. The maximum Gasteiger partial charge on any atom is 0.220 e. The highest BCUT2D eigenvalue weighted by Gasteiger charge is 2.36. The van der Waals surface area contributed by atoms with Crippen molar-refractivity contribution in [2.45, 2.75) is 39.0 Å². The van der Waals surface area contributed by atoms with Gasteiger partial charge in [-0.2, -0.15) is 0 Å².